The van der Waals surface area contributed by atoms with Crippen LogP contribution in [0, 0.1) is 0 Å². The highest BCUT2D eigenvalue weighted by atomic mass is 16.1. The number of nitrogens with one attached hydrogen (secondary N) is 3. The van der Waals surface area contributed by atoms with Crippen molar-refractivity contribution >= 4 is 23.5 Å². The van der Waals surface area contributed by atoms with Gasteiger partial charge in [-0.1, -0.05) is 6.07 Å². The molecule has 2 aromatic rings. The fraction of sp³-hybridized carbons (Fsp3) is 0.143. The topological polar surface area (TPSA) is 66.1 Å². The normalized spacial score (nSPS) is 9.79. The summed E-state index contributed by atoms with van der Waals surface area (Å²) in [4.78, 5) is 14.8. The van der Waals surface area contributed by atoms with Crippen LogP contribution in [0.2, 0.25) is 0 Å². The number of benzene rings is 1. The molecule has 0 fully saturated rings. The third-order valence-corrected chi connectivity index (χ3v) is 2.86. The first-order valence-electron chi connectivity index (χ1n) is 5.93. The van der Waals surface area contributed by atoms with Crippen molar-refractivity contribution in [2.45, 2.75) is 0 Å². The van der Waals surface area contributed by atoms with Crippen molar-refractivity contribution in [3.63, 3.8) is 0 Å². The molecule has 1 amide bonds. The summed E-state index contributed by atoms with van der Waals surface area (Å²) in [6.07, 6.45) is 4.22. The average molecular weight is 256 g/mol. The van der Waals surface area contributed by atoms with Gasteiger partial charge in [0.05, 0.1) is 17.1 Å². The zero-order valence-electron chi connectivity index (χ0n) is 10.9. The molecular weight excluding hydrogens is 240 g/mol. The average Bonchev–Trinajstić information content (AvgIpc) is 2.47. The quantitative estimate of drug-likeness (QED) is 0.719. The highest BCUT2D eigenvalue weighted by Gasteiger charge is 2.05. The summed E-state index contributed by atoms with van der Waals surface area (Å²) in [5.74, 6) is 0. The molecule has 98 valence electrons. The van der Waals surface area contributed by atoms with E-state index in [4.69, 9.17) is 0 Å². The van der Waals surface area contributed by atoms with Gasteiger partial charge in [0.1, 0.15) is 0 Å². The van der Waals surface area contributed by atoms with Gasteiger partial charge in [0.25, 0.3) is 0 Å². The van der Waals surface area contributed by atoms with Crippen molar-refractivity contribution in [3.05, 3.63) is 36.7 Å². The van der Waals surface area contributed by atoms with Crippen molar-refractivity contribution in [3.8, 4) is 11.1 Å². The second-order valence-electron chi connectivity index (χ2n) is 3.98. The van der Waals surface area contributed by atoms with Gasteiger partial charge in [0.2, 0.25) is 6.41 Å². The zero-order chi connectivity index (χ0) is 13.7. The van der Waals surface area contributed by atoms with Gasteiger partial charge >= 0.3 is 0 Å². The number of carbonyl (C=O) groups is 1. The SMILES string of the molecule is CNc1cncc(-c2ccc(NC)c(NC=O)c2)c1. The minimum absolute atomic E-state index is 0.669. The molecule has 1 aromatic heterocycles. The number of amides is 1. The Kier molecular flexibility index (Phi) is 3.97. The van der Waals surface area contributed by atoms with E-state index in [0.29, 0.717) is 6.41 Å². The third kappa shape index (κ3) is 2.82. The Hall–Kier alpha value is -2.56. The van der Waals surface area contributed by atoms with Gasteiger partial charge in [0, 0.05) is 32.1 Å². The maximum atomic E-state index is 10.6. The van der Waals surface area contributed by atoms with E-state index in [1.54, 1.807) is 12.4 Å². The van der Waals surface area contributed by atoms with Crippen LogP contribution >= 0.6 is 0 Å². The van der Waals surface area contributed by atoms with Crippen molar-refractivity contribution in [1.82, 2.24) is 4.98 Å². The number of carbonyl (C=O) groups excluding carboxylic acids is 1. The molecule has 0 aliphatic heterocycles. The highest BCUT2D eigenvalue weighted by Crippen LogP contribution is 2.29. The summed E-state index contributed by atoms with van der Waals surface area (Å²) in [5, 5.41) is 8.77. The van der Waals surface area contributed by atoms with Crippen LogP contribution in [0.1, 0.15) is 0 Å². The van der Waals surface area contributed by atoms with E-state index in [1.165, 1.54) is 0 Å². The molecule has 0 atom stereocenters. The molecule has 0 radical (unpaired) electrons. The fourth-order valence-electron chi connectivity index (χ4n) is 1.86. The monoisotopic (exact) mass is 256 g/mol. The molecular formula is C14H16N4O. The number of pyridine rings is 1. The number of hydrogen-bond donors (Lipinski definition) is 3. The molecule has 5 heteroatoms. The van der Waals surface area contributed by atoms with E-state index < -0.39 is 0 Å². The highest BCUT2D eigenvalue weighted by molar-refractivity contribution is 5.84. The van der Waals surface area contributed by atoms with Gasteiger partial charge in [-0.25, -0.2) is 0 Å². The lowest BCUT2D eigenvalue weighted by Gasteiger charge is -2.11. The van der Waals surface area contributed by atoms with Gasteiger partial charge in [-0.15, -0.1) is 0 Å². The van der Waals surface area contributed by atoms with E-state index in [2.05, 4.69) is 20.9 Å². The van der Waals surface area contributed by atoms with Crippen molar-refractivity contribution in [2.75, 3.05) is 30.0 Å². The Labute approximate surface area is 112 Å². The Morgan fingerprint density at radius 2 is 1.84 bits per heavy atom. The first-order chi connectivity index (χ1) is 9.28. The minimum atomic E-state index is 0.669. The molecule has 1 heterocycles. The van der Waals surface area contributed by atoms with E-state index in [1.807, 2.05) is 38.4 Å². The van der Waals surface area contributed by atoms with E-state index >= 15 is 0 Å². The smallest absolute Gasteiger partial charge is 0.211 e. The number of hydrogen-bond acceptors (Lipinski definition) is 4. The molecule has 0 unspecified atom stereocenters. The summed E-state index contributed by atoms with van der Waals surface area (Å²) in [6.45, 7) is 0. The van der Waals surface area contributed by atoms with Crippen molar-refractivity contribution < 1.29 is 4.79 Å². The summed E-state index contributed by atoms with van der Waals surface area (Å²) in [5.41, 5.74) is 4.54. The maximum absolute atomic E-state index is 10.6. The second-order valence-corrected chi connectivity index (χ2v) is 3.98. The first-order valence-corrected chi connectivity index (χ1v) is 5.93. The Balaban J connectivity index is 2.44. The van der Waals surface area contributed by atoms with E-state index in [0.717, 1.165) is 28.2 Å². The Morgan fingerprint density at radius 1 is 1.00 bits per heavy atom. The molecule has 0 spiro atoms. The number of nitrogens with zero attached hydrogens (tertiary/aromatic N) is 1. The molecule has 1 aromatic carbocycles. The molecule has 0 aliphatic rings. The minimum Gasteiger partial charge on any atom is -0.387 e. The van der Waals surface area contributed by atoms with Crippen molar-refractivity contribution in [2.24, 2.45) is 0 Å². The predicted molar refractivity (Wildman–Crippen MR) is 78.5 cm³/mol. The number of aromatic nitrogens is 1. The maximum Gasteiger partial charge on any atom is 0.211 e. The standard InChI is InChI=1S/C14H16N4O/c1-15-12-5-11(7-17-8-12)10-3-4-13(16-2)14(6-10)18-9-19/h3-9,15-16H,1-2H3,(H,18,19). The summed E-state index contributed by atoms with van der Waals surface area (Å²) in [7, 11) is 3.67. The van der Waals surface area contributed by atoms with Gasteiger partial charge in [-0.3, -0.25) is 9.78 Å². The van der Waals surface area contributed by atoms with Gasteiger partial charge in [-0.05, 0) is 23.8 Å². The van der Waals surface area contributed by atoms with Gasteiger partial charge < -0.3 is 16.0 Å². The lowest BCUT2D eigenvalue weighted by Crippen LogP contribution is -2.00. The molecule has 3 N–H and O–H groups in total. The Morgan fingerprint density at radius 3 is 2.53 bits per heavy atom. The van der Waals surface area contributed by atoms with Gasteiger partial charge in [0.15, 0.2) is 0 Å². The van der Waals surface area contributed by atoms with Crippen LogP contribution in [0.5, 0.6) is 0 Å². The predicted octanol–water partition coefficient (Wildman–Crippen LogP) is 2.40. The molecule has 0 saturated carbocycles. The Bertz CT molecular complexity index is 583. The molecule has 2 rings (SSSR count). The van der Waals surface area contributed by atoms with Crippen LogP contribution in [0.25, 0.3) is 11.1 Å². The van der Waals surface area contributed by atoms with Crippen LogP contribution in [0.4, 0.5) is 17.1 Å². The molecule has 0 saturated heterocycles. The lowest BCUT2D eigenvalue weighted by atomic mass is 10.1. The van der Waals surface area contributed by atoms with E-state index in [9.17, 15) is 4.79 Å². The first kappa shape index (κ1) is 12.9. The fourth-order valence-corrected chi connectivity index (χ4v) is 1.86. The summed E-state index contributed by atoms with van der Waals surface area (Å²) >= 11 is 0. The second kappa shape index (κ2) is 5.86. The van der Waals surface area contributed by atoms with E-state index in [-0.39, 0.29) is 0 Å². The lowest BCUT2D eigenvalue weighted by molar-refractivity contribution is -0.105. The van der Waals surface area contributed by atoms with Crippen LogP contribution in [-0.2, 0) is 4.79 Å². The van der Waals surface area contributed by atoms with Crippen LogP contribution in [-0.4, -0.2) is 25.5 Å². The molecule has 5 nitrogen and oxygen atoms in total. The zero-order valence-corrected chi connectivity index (χ0v) is 10.9. The molecule has 19 heavy (non-hydrogen) atoms. The third-order valence-electron chi connectivity index (χ3n) is 2.86. The summed E-state index contributed by atoms with van der Waals surface area (Å²) < 4.78 is 0. The van der Waals surface area contributed by atoms with Crippen LogP contribution < -0.4 is 16.0 Å². The number of rotatable bonds is 5. The van der Waals surface area contributed by atoms with Crippen LogP contribution in [0.15, 0.2) is 36.7 Å². The largest absolute Gasteiger partial charge is 0.387 e. The molecule has 0 aliphatic carbocycles. The summed E-state index contributed by atoms with van der Waals surface area (Å²) in [6, 6.07) is 7.83. The van der Waals surface area contributed by atoms with Crippen molar-refractivity contribution in [1.29, 1.82) is 0 Å². The molecule has 0 bridgehead atoms. The van der Waals surface area contributed by atoms with Crippen LogP contribution in [0.3, 0.4) is 0 Å². The van der Waals surface area contributed by atoms with Gasteiger partial charge in [-0.2, -0.15) is 0 Å². The number of anilines is 3.